The van der Waals surface area contributed by atoms with Gasteiger partial charge in [0.25, 0.3) is 5.91 Å². The highest BCUT2D eigenvalue weighted by Gasteiger charge is 2.27. The number of nitrogens with zero attached hydrogens (tertiary/aromatic N) is 1. The molecule has 2 aromatic carbocycles. The van der Waals surface area contributed by atoms with Gasteiger partial charge in [-0.1, -0.05) is 56.3 Å². The first kappa shape index (κ1) is 19.4. The van der Waals surface area contributed by atoms with E-state index in [1.807, 2.05) is 18.2 Å². The van der Waals surface area contributed by atoms with Crippen molar-refractivity contribution < 1.29 is 9.53 Å². The Bertz CT molecular complexity index is 728. The number of carbonyl (C=O) groups excluding carboxylic acids is 1. The normalized spacial score (nSPS) is 18.4. The van der Waals surface area contributed by atoms with Crippen molar-refractivity contribution in [2.75, 3.05) is 19.7 Å². The number of ether oxygens (including phenoxy) is 1. The Balaban J connectivity index is 1.43. The molecule has 1 heterocycles. The number of hydrogen-bond donors (Lipinski definition) is 1. The molecule has 1 aliphatic heterocycles. The lowest BCUT2D eigenvalue weighted by atomic mass is 10.0. The first-order chi connectivity index (χ1) is 13.0. The maximum Gasteiger partial charge on any atom is 0.258 e. The number of amides is 1. The molecule has 2 atom stereocenters. The van der Waals surface area contributed by atoms with Gasteiger partial charge in [-0.05, 0) is 42.5 Å². The van der Waals surface area contributed by atoms with Gasteiger partial charge < -0.3 is 10.1 Å². The fourth-order valence-corrected chi connectivity index (χ4v) is 3.57. The van der Waals surface area contributed by atoms with Crippen molar-refractivity contribution in [2.45, 2.75) is 45.2 Å². The van der Waals surface area contributed by atoms with Gasteiger partial charge in [0.15, 0.2) is 6.61 Å². The van der Waals surface area contributed by atoms with E-state index in [1.165, 1.54) is 11.1 Å². The maximum absolute atomic E-state index is 12.2. The van der Waals surface area contributed by atoms with E-state index < -0.39 is 0 Å². The van der Waals surface area contributed by atoms with Gasteiger partial charge in [0, 0.05) is 25.2 Å². The van der Waals surface area contributed by atoms with Gasteiger partial charge in [0.1, 0.15) is 5.75 Å². The van der Waals surface area contributed by atoms with E-state index in [4.69, 9.17) is 4.74 Å². The van der Waals surface area contributed by atoms with Crippen LogP contribution in [0.3, 0.4) is 0 Å². The predicted molar refractivity (Wildman–Crippen MR) is 109 cm³/mol. The summed E-state index contributed by atoms with van der Waals surface area (Å²) in [5, 5.41) is 3.11. The zero-order valence-electron chi connectivity index (χ0n) is 16.5. The van der Waals surface area contributed by atoms with E-state index in [0.717, 1.165) is 25.3 Å². The third kappa shape index (κ3) is 5.33. The smallest absolute Gasteiger partial charge is 0.258 e. The van der Waals surface area contributed by atoms with E-state index in [1.54, 1.807) is 0 Å². The third-order valence-electron chi connectivity index (χ3n) is 5.33. The van der Waals surface area contributed by atoms with Crippen molar-refractivity contribution in [1.82, 2.24) is 10.2 Å². The molecule has 3 rings (SSSR count). The van der Waals surface area contributed by atoms with Crippen LogP contribution in [-0.2, 0) is 4.79 Å². The highest BCUT2D eigenvalue weighted by atomic mass is 16.5. The number of nitrogens with one attached hydrogen (secondary N) is 1. The number of likely N-dealkylation sites (tertiary alicyclic amines) is 1. The summed E-state index contributed by atoms with van der Waals surface area (Å²) in [5.74, 6) is 1.17. The van der Waals surface area contributed by atoms with Crippen molar-refractivity contribution in [1.29, 1.82) is 0 Å². The molecule has 0 radical (unpaired) electrons. The van der Waals surface area contributed by atoms with E-state index in [-0.39, 0.29) is 18.6 Å². The Morgan fingerprint density at radius 3 is 2.44 bits per heavy atom. The Kier molecular flexibility index (Phi) is 6.51. The number of hydrogen-bond acceptors (Lipinski definition) is 3. The fraction of sp³-hybridized carbons (Fsp3) is 0.435. The van der Waals surface area contributed by atoms with Crippen molar-refractivity contribution in [2.24, 2.45) is 0 Å². The summed E-state index contributed by atoms with van der Waals surface area (Å²) < 4.78 is 5.63. The van der Waals surface area contributed by atoms with E-state index in [2.05, 4.69) is 67.4 Å². The van der Waals surface area contributed by atoms with Crippen LogP contribution in [0.5, 0.6) is 5.75 Å². The van der Waals surface area contributed by atoms with Gasteiger partial charge in [0.2, 0.25) is 0 Å². The minimum Gasteiger partial charge on any atom is -0.484 e. The van der Waals surface area contributed by atoms with Crippen LogP contribution in [-0.4, -0.2) is 36.5 Å². The van der Waals surface area contributed by atoms with Gasteiger partial charge in [-0.15, -0.1) is 0 Å². The summed E-state index contributed by atoms with van der Waals surface area (Å²) in [6.07, 6.45) is 0.978. The molecule has 1 aliphatic rings. The summed E-state index contributed by atoms with van der Waals surface area (Å²) in [7, 11) is 0. The zero-order valence-corrected chi connectivity index (χ0v) is 16.5. The number of rotatable bonds is 7. The second kappa shape index (κ2) is 9.05. The molecule has 0 saturated carbocycles. The average molecular weight is 367 g/mol. The van der Waals surface area contributed by atoms with E-state index >= 15 is 0 Å². The molecule has 0 aliphatic carbocycles. The maximum atomic E-state index is 12.2. The lowest BCUT2D eigenvalue weighted by molar-refractivity contribution is -0.123. The van der Waals surface area contributed by atoms with Gasteiger partial charge in [0.05, 0.1) is 0 Å². The van der Waals surface area contributed by atoms with Crippen LogP contribution in [0.25, 0.3) is 0 Å². The minimum atomic E-state index is -0.0536. The van der Waals surface area contributed by atoms with Crippen LogP contribution in [0.2, 0.25) is 0 Å². The first-order valence-electron chi connectivity index (χ1n) is 9.84. The van der Waals surface area contributed by atoms with Gasteiger partial charge in [-0.2, -0.15) is 0 Å². The molecule has 1 amide bonds. The standard InChI is InChI=1S/C23H30N2O2/c1-17(2)19-9-11-22(12-10-19)27-16-23(26)24-21-13-14-25(15-21)18(3)20-7-5-4-6-8-20/h4-12,17-18,21H,13-16H2,1-3H3,(H,24,26). The summed E-state index contributed by atoms with van der Waals surface area (Å²) in [6, 6.07) is 19.0. The molecule has 2 aromatic rings. The Hall–Kier alpha value is -2.33. The van der Waals surface area contributed by atoms with Crippen molar-refractivity contribution in [3.05, 3.63) is 65.7 Å². The van der Waals surface area contributed by atoms with Crippen LogP contribution in [0.15, 0.2) is 54.6 Å². The topological polar surface area (TPSA) is 41.6 Å². The molecule has 0 spiro atoms. The van der Waals surface area contributed by atoms with Gasteiger partial charge >= 0.3 is 0 Å². The van der Waals surface area contributed by atoms with E-state index in [9.17, 15) is 4.79 Å². The van der Waals surface area contributed by atoms with Gasteiger partial charge in [-0.3, -0.25) is 9.69 Å². The molecule has 4 nitrogen and oxygen atoms in total. The van der Waals surface area contributed by atoms with Crippen LogP contribution >= 0.6 is 0 Å². The quantitative estimate of drug-likeness (QED) is 0.801. The molecule has 1 saturated heterocycles. The second-order valence-electron chi connectivity index (χ2n) is 7.65. The van der Waals surface area contributed by atoms with Crippen molar-refractivity contribution >= 4 is 5.91 Å². The molecule has 2 unspecified atom stereocenters. The van der Waals surface area contributed by atoms with Crippen LogP contribution in [0.4, 0.5) is 0 Å². The van der Waals surface area contributed by atoms with Crippen LogP contribution < -0.4 is 10.1 Å². The molecule has 4 heteroatoms. The van der Waals surface area contributed by atoms with E-state index in [0.29, 0.717) is 12.0 Å². The highest BCUT2D eigenvalue weighted by Crippen LogP contribution is 2.24. The SMILES string of the molecule is CC(C)c1ccc(OCC(=O)NC2CCN(C(C)c3ccccc3)C2)cc1. The lowest BCUT2D eigenvalue weighted by Crippen LogP contribution is -2.40. The lowest BCUT2D eigenvalue weighted by Gasteiger charge is -2.24. The molecule has 1 N–H and O–H groups in total. The Morgan fingerprint density at radius 2 is 1.78 bits per heavy atom. The summed E-state index contributed by atoms with van der Waals surface area (Å²) in [4.78, 5) is 14.7. The third-order valence-corrected chi connectivity index (χ3v) is 5.33. The summed E-state index contributed by atoms with van der Waals surface area (Å²) >= 11 is 0. The predicted octanol–water partition coefficient (Wildman–Crippen LogP) is 4.14. The number of carbonyl (C=O) groups is 1. The average Bonchev–Trinajstić information content (AvgIpc) is 3.15. The molecular weight excluding hydrogens is 336 g/mol. The molecule has 144 valence electrons. The molecule has 0 bridgehead atoms. The Labute approximate surface area is 162 Å². The first-order valence-corrected chi connectivity index (χ1v) is 9.84. The van der Waals surface area contributed by atoms with Crippen molar-refractivity contribution in [3.8, 4) is 5.75 Å². The second-order valence-corrected chi connectivity index (χ2v) is 7.65. The molecule has 27 heavy (non-hydrogen) atoms. The summed E-state index contributed by atoms with van der Waals surface area (Å²) in [6.45, 7) is 8.48. The highest BCUT2D eigenvalue weighted by molar-refractivity contribution is 5.77. The largest absolute Gasteiger partial charge is 0.484 e. The van der Waals surface area contributed by atoms with Crippen LogP contribution in [0.1, 0.15) is 50.3 Å². The van der Waals surface area contributed by atoms with Gasteiger partial charge in [-0.25, -0.2) is 0 Å². The van der Waals surface area contributed by atoms with Crippen molar-refractivity contribution in [3.63, 3.8) is 0 Å². The molecule has 1 fully saturated rings. The summed E-state index contributed by atoms with van der Waals surface area (Å²) in [5.41, 5.74) is 2.59. The van der Waals surface area contributed by atoms with Crippen LogP contribution in [0, 0.1) is 0 Å². The monoisotopic (exact) mass is 366 g/mol. The minimum absolute atomic E-state index is 0.0536. The fourth-order valence-electron chi connectivity index (χ4n) is 3.57. The molecule has 0 aromatic heterocycles. The zero-order chi connectivity index (χ0) is 19.2. The Morgan fingerprint density at radius 1 is 1.07 bits per heavy atom. The molecular formula is C23H30N2O2. The number of benzene rings is 2.